The number of amides is 3. The molecule has 0 bridgehead atoms. The van der Waals surface area contributed by atoms with E-state index in [1.54, 1.807) is 24.3 Å². The predicted molar refractivity (Wildman–Crippen MR) is 111 cm³/mol. The fourth-order valence-corrected chi connectivity index (χ4v) is 2.95. The summed E-state index contributed by atoms with van der Waals surface area (Å²) in [5.74, 6) is -3.31. The predicted octanol–water partition coefficient (Wildman–Crippen LogP) is 0.677. The van der Waals surface area contributed by atoms with Gasteiger partial charge in [-0.05, 0) is 23.3 Å². The van der Waals surface area contributed by atoms with E-state index in [9.17, 15) is 14.4 Å². The minimum absolute atomic E-state index is 0.0348. The maximum atomic E-state index is 12.9. The Morgan fingerprint density at radius 1 is 1.03 bits per heavy atom. The molecular formula is C20H19N5O3S. The van der Waals surface area contributed by atoms with Crippen molar-refractivity contribution in [3.8, 4) is 0 Å². The third-order valence-electron chi connectivity index (χ3n) is 4.29. The molecule has 3 amide bonds. The van der Waals surface area contributed by atoms with Gasteiger partial charge in [-0.2, -0.15) is 5.10 Å². The van der Waals surface area contributed by atoms with E-state index in [0.717, 1.165) is 16.0 Å². The largest absolute Gasteiger partial charge is 0.375 e. The number of nitrogens with one attached hydrogen (secondary N) is 2. The molecule has 1 aliphatic rings. The maximum absolute atomic E-state index is 12.9. The molecule has 2 aromatic carbocycles. The molecule has 0 aromatic heterocycles. The Labute approximate surface area is 172 Å². The summed E-state index contributed by atoms with van der Waals surface area (Å²) in [5.41, 5.74) is 9.03. The van der Waals surface area contributed by atoms with E-state index in [1.807, 2.05) is 36.4 Å². The minimum atomic E-state index is -1.38. The molecule has 4 N–H and O–H groups in total. The van der Waals surface area contributed by atoms with Gasteiger partial charge in [-0.15, -0.1) is 0 Å². The van der Waals surface area contributed by atoms with Gasteiger partial charge in [0.2, 0.25) is 11.8 Å². The van der Waals surface area contributed by atoms with E-state index >= 15 is 0 Å². The molecule has 0 radical (unpaired) electrons. The van der Waals surface area contributed by atoms with Gasteiger partial charge in [0.1, 0.15) is 5.71 Å². The smallest absolute Gasteiger partial charge is 0.278 e. The Hall–Kier alpha value is -3.59. The van der Waals surface area contributed by atoms with Gasteiger partial charge < -0.3 is 11.1 Å². The van der Waals surface area contributed by atoms with Crippen molar-refractivity contribution in [2.45, 2.75) is 13.1 Å². The summed E-state index contributed by atoms with van der Waals surface area (Å²) in [6.07, 6.45) is 0. The highest BCUT2D eigenvalue weighted by Gasteiger charge is 2.49. The van der Waals surface area contributed by atoms with Crippen molar-refractivity contribution in [3.05, 3.63) is 71.8 Å². The van der Waals surface area contributed by atoms with Crippen LogP contribution in [-0.2, 0) is 27.5 Å². The number of carbonyl (C=O) groups excluding carboxylic acids is 3. The Kier molecular flexibility index (Phi) is 6.30. The van der Waals surface area contributed by atoms with Crippen molar-refractivity contribution in [1.82, 2.24) is 15.6 Å². The number of hydrazone groups is 1. The van der Waals surface area contributed by atoms with Crippen molar-refractivity contribution in [1.29, 1.82) is 0 Å². The summed E-state index contributed by atoms with van der Waals surface area (Å²) in [5, 5.41) is 6.34. The van der Waals surface area contributed by atoms with Crippen molar-refractivity contribution in [3.63, 3.8) is 0 Å². The average molecular weight is 409 g/mol. The van der Waals surface area contributed by atoms with Crippen LogP contribution < -0.4 is 16.5 Å². The van der Waals surface area contributed by atoms with Gasteiger partial charge in [0.25, 0.3) is 5.91 Å². The van der Waals surface area contributed by atoms with Gasteiger partial charge in [0.15, 0.2) is 11.0 Å². The van der Waals surface area contributed by atoms with Gasteiger partial charge in [0, 0.05) is 6.54 Å². The number of hydrogen-bond donors (Lipinski definition) is 3. The van der Waals surface area contributed by atoms with Crippen molar-refractivity contribution in [2.24, 2.45) is 16.8 Å². The zero-order valence-corrected chi connectivity index (χ0v) is 16.2. The lowest BCUT2D eigenvalue weighted by atomic mass is 10.0. The maximum Gasteiger partial charge on any atom is 0.278 e. The molecule has 148 valence electrons. The lowest BCUT2D eigenvalue weighted by molar-refractivity contribution is -0.141. The van der Waals surface area contributed by atoms with E-state index < -0.39 is 23.6 Å². The van der Waals surface area contributed by atoms with Crippen LogP contribution in [0.4, 0.5) is 0 Å². The number of thiocarbonyl (C=S) groups is 1. The van der Waals surface area contributed by atoms with Crippen molar-refractivity contribution >= 4 is 40.8 Å². The van der Waals surface area contributed by atoms with E-state index in [-0.39, 0.29) is 23.9 Å². The molecule has 2 aromatic rings. The number of carbonyl (C=O) groups is 3. The van der Waals surface area contributed by atoms with E-state index in [1.165, 1.54) is 0 Å². The Morgan fingerprint density at radius 2 is 1.62 bits per heavy atom. The number of hydrogen-bond acceptors (Lipinski definition) is 5. The number of likely N-dealkylation sites (tertiary alicyclic amines) is 1. The summed E-state index contributed by atoms with van der Waals surface area (Å²) >= 11 is 4.70. The molecule has 0 unspecified atom stereocenters. The Bertz CT molecular complexity index is 963. The van der Waals surface area contributed by atoms with Gasteiger partial charge in [-0.3, -0.25) is 24.7 Å². The van der Waals surface area contributed by atoms with Gasteiger partial charge in [0.05, 0.1) is 6.54 Å². The van der Waals surface area contributed by atoms with Gasteiger partial charge in [-0.1, -0.05) is 60.7 Å². The third-order valence-corrected chi connectivity index (χ3v) is 4.38. The number of rotatable bonds is 6. The topological polar surface area (TPSA) is 117 Å². The number of nitrogens with zero attached hydrogens (tertiary/aromatic N) is 2. The van der Waals surface area contributed by atoms with Crippen LogP contribution in [0, 0.1) is 5.92 Å². The molecular weight excluding hydrogens is 390 g/mol. The summed E-state index contributed by atoms with van der Waals surface area (Å²) in [6, 6.07) is 18.2. The second-order valence-corrected chi connectivity index (χ2v) is 6.76. The fourth-order valence-electron chi connectivity index (χ4n) is 2.90. The SMILES string of the molecule is NC(=S)N/N=C1\C(=O)N(Cc2ccccc2)C(=O)[C@@H]1C(=O)NCc1ccccc1. The molecule has 0 aliphatic carbocycles. The molecule has 1 fully saturated rings. The van der Waals surface area contributed by atoms with E-state index in [0.29, 0.717) is 0 Å². The van der Waals surface area contributed by atoms with E-state index in [4.69, 9.17) is 18.0 Å². The van der Waals surface area contributed by atoms with Crippen molar-refractivity contribution < 1.29 is 14.4 Å². The van der Waals surface area contributed by atoms with Crippen LogP contribution in [0.2, 0.25) is 0 Å². The highest BCUT2D eigenvalue weighted by atomic mass is 32.1. The fraction of sp³-hybridized carbons (Fsp3) is 0.150. The zero-order chi connectivity index (χ0) is 20.8. The normalized spacial score (nSPS) is 17.4. The van der Waals surface area contributed by atoms with E-state index in [2.05, 4.69) is 15.8 Å². The zero-order valence-electron chi connectivity index (χ0n) is 15.4. The third kappa shape index (κ3) is 4.82. The van der Waals surface area contributed by atoms with Gasteiger partial charge in [-0.25, -0.2) is 0 Å². The minimum Gasteiger partial charge on any atom is -0.375 e. The van der Waals surface area contributed by atoms with Gasteiger partial charge >= 0.3 is 0 Å². The lowest BCUT2D eigenvalue weighted by Crippen LogP contribution is -2.39. The van der Waals surface area contributed by atoms with Crippen molar-refractivity contribution in [2.75, 3.05) is 0 Å². The molecule has 3 rings (SSSR count). The molecule has 1 aliphatic heterocycles. The van der Waals surface area contributed by atoms with Crippen LogP contribution in [0.25, 0.3) is 0 Å². The quantitative estimate of drug-likeness (QED) is 0.280. The van der Waals surface area contributed by atoms with Crippen LogP contribution in [-0.4, -0.2) is 33.4 Å². The molecule has 0 saturated carbocycles. The summed E-state index contributed by atoms with van der Waals surface area (Å²) in [4.78, 5) is 39.4. The molecule has 29 heavy (non-hydrogen) atoms. The molecule has 1 heterocycles. The highest BCUT2D eigenvalue weighted by Crippen LogP contribution is 2.21. The number of benzene rings is 2. The molecule has 1 saturated heterocycles. The Balaban J connectivity index is 1.82. The first-order valence-electron chi connectivity index (χ1n) is 8.81. The highest BCUT2D eigenvalue weighted by molar-refractivity contribution is 7.80. The summed E-state index contributed by atoms with van der Waals surface area (Å²) < 4.78 is 0. The summed E-state index contributed by atoms with van der Waals surface area (Å²) in [6.45, 7) is 0.249. The number of nitrogens with two attached hydrogens (primary N) is 1. The standard InChI is InChI=1S/C20H19N5O3S/c21-20(29)24-23-16-15(17(26)22-11-13-7-3-1-4-8-13)18(27)25(19(16)28)12-14-9-5-2-6-10-14/h1-10,15H,11-12H2,(H,22,26)(H3,21,24,29)/b23-16-/t15-/m0/s1. The van der Waals surface area contributed by atoms with Crippen LogP contribution in [0.3, 0.4) is 0 Å². The van der Waals surface area contributed by atoms with Crippen LogP contribution in [0.1, 0.15) is 11.1 Å². The second-order valence-electron chi connectivity index (χ2n) is 6.32. The Morgan fingerprint density at radius 3 is 2.21 bits per heavy atom. The van der Waals surface area contributed by atoms with Crippen LogP contribution >= 0.6 is 12.2 Å². The number of imide groups is 1. The lowest BCUT2D eigenvalue weighted by Gasteiger charge is -2.14. The molecule has 8 nitrogen and oxygen atoms in total. The van der Waals surface area contributed by atoms with Crippen LogP contribution in [0.5, 0.6) is 0 Å². The monoisotopic (exact) mass is 409 g/mol. The second kappa shape index (κ2) is 9.07. The molecule has 1 atom stereocenters. The molecule has 9 heteroatoms. The molecule has 0 spiro atoms. The first kappa shape index (κ1) is 20.2. The summed E-state index contributed by atoms with van der Waals surface area (Å²) in [7, 11) is 0. The first-order valence-corrected chi connectivity index (χ1v) is 9.22. The first-order chi connectivity index (χ1) is 14.0. The average Bonchev–Trinajstić information content (AvgIpc) is 2.96. The van der Waals surface area contributed by atoms with Crippen LogP contribution in [0.15, 0.2) is 65.8 Å².